The summed E-state index contributed by atoms with van der Waals surface area (Å²) in [7, 11) is -1.75. The van der Waals surface area contributed by atoms with E-state index >= 15 is 0 Å². The number of sulfone groups is 1. The highest BCUT2D eigenvalue weighted by Crippen LogP contribution is 2.25. The van der Waals surface area contributed by atoms with Crippen LogP contribution in [-0.2, 0) is 9.84 Å². The lowest BCUT2D eigenvalue weighted by molar-refractivity contribution is 0.415. The predicted octanol–water partition coefficient (Wildman–Crippen LogP) is 2.24. The van der Waals surface area contributed by atoms with E-state index in [2.05, 4.69) is 0 Å². The Morgan fingerprint density at radius 3 is 2.59 bits per heavy atom. The minimum atomic E-state index is -3.22. The summed E-state index contributed by atoms with van der Waals surface area (Å²) in [5, 5.41) is 0. The molecule has 0 radical (unpaired) electrons. The summed E-state index contributed by atoms with van der Waals surface area (Å²) >= 11 is 0. The van der Waals surface area contributed by atoms with E-state index in [1.165, 1.54) is 19.2 Å². The van der Waals surface area contributed by atoms with E-state index in [0.717, 1.165) is 12.8 Å². The number of rotatable bonds is 6. The number of hydrogen-bond donors (Lipinski definition) is 1. The van der Waals surface area contributed by atoms with Gasteiger partial charge in [-0.2, -0.15) is 0 Å². The van der Waals surface area contributed by atoms with Crippen molar-refractivity contribution in [2.24, 2.45) is 0 Å². The molecule has 1 rings (SSSR count). The summed E-state index contributed by atoms with van der Waals surface area (Å²) in [6.07, 6.45) is 2.61. The first-order valence-electron chi connectivity index (χ1n) is 5.67. The van der Waals surface area contributed by atoms with E-state index < -0.39 is 9.84 Å². The molecule has 5 heteroatoms. The zero-order valence-electron chi connectivity index (χ0n) is 10.3. The van der Waals surface area contributed by atoms with Crippen LogP contribution in [-0.4, -0.2) is 21.3 Å². The van der Waals surface area contributed by atoms with Crippen molar-refractivity contribution in [3.8, 4) is 5.75 Å². The second-order valence-electron chi connectivity index (χ2n) is 3.93. The maximum atomic E-state index is 12.0. The molecule has 0 aliphatic carbocycles. The van der Waals surface area contributed by atoms with Gasteiger partial charge in [0.15, 0.2) is 9.84 Å². The van der Waals surface area contributed by atoms with Crippen LogP contribution in [0.15, 0.2) is 23.1 Å². The number of nitrogen functional groups attached to an aromatic ring is 1. The highest BCUT2D eigenvalue weighted by molar-refractivity contribution is 7.91. The zero-order chi connectivity index (χ0) is 12.9. The van der Waals surface area contributed by atoms with E-state index in [1.54, 1.807) is 6.07 Å². The van der Waals surface area contributed by atoms with E-state index in [9.17, 15) is 8.42 Å². The van der Waals surface area contributed by atoms with Crippen molar-refractivity contribution in [3.63, 3.8) is 0 Å². The van der Waals surface area contributed by atoms with Crippen molar-refractivity contribution in [1.82, 2.24) is 0 Å². The smallest absolute Gasteiger partial charge is 0.178 e. The van der Waals surface area contributed by atoms with Crippen LogP contribution in [0.25, 0.3) is 0 Å². The molecule has 2 N–H and O–H groups in total. The van der Waals surface area contributed by atoms with Gasteiger partial charge in [-0.25, -0.2) is 8.42 Å². The Labute approximate surface area is 103 Å². The second-order valence-corrected chi connectivity index (χ2v) is 6.04. The summed E-state index contributed by atoms with van der Waals surface area (Å²) in [4.78, 5) is 0.277. The molecule has 1 aromatic carbocycles. The number of unbranched alkanes of at least 4 members (excludes halogenated alkanes) is 2. The topological polar surface area (TPSA) is 69.4 Å². The Hall–Kier alpha value is -1.23. The van der Waals surface area contributed by atoms with Gasteiger partial charge in [0, 0.05) is 6.07 Å². The molecule has 0 aliphatic rings. The van der Waals surface area contributed by atoms with Crippen molar-refractivity contribution >= 4 is 15.5 Å². The average Bonchev–Trinajstić information content (AvgIpc) is 2.29. The maximum absolute atomic E-state index is 12.0. The minimum Gasteiger partial charge on any atom is -0.495 e. The van der Waals surface area contributed by atoms with Gasteiger partial charge in [0.25, 0.3) is 0 Å². The zero-order valence-corrected chi connectivity index (χ0v) is 11.1. The molecular weight excluding hydrogens is 238 g/mol. The lowest BCUT2D eigenvalue weighted by atomic mass is 10.3. The average molecular weight is 257 g/mol. The lowest BCUT2D eigenvalue weighted by Gasteiger charge is -2.08. The first-order valence-corrected chi connectivity index (χ1v) is 7.32. The third kappa shape index (κ3) is 3.63. The van der Waals surface area contributed by atoms with Crippen molar-refractivity contribution in [1.29, 1.82) is 0 Å². The van der Waals surface area contributed by atoms with Gasteiger partial charge in [-0.05, 0) is 18.6 Å². The molecule has 1 aromatic rings. The maximum Gasteiger partial charge on any atom is 0.178 e. The summed E-state index contributed by atoms with van der Waals surface area (Å²) in [5.41, 5.74) is 6.09. The van der Waals surface area contributed by atoms with Crippen LogP contribution in [0.4, 0.5) is 5.69 Å². The Balaban J connectivity index is 2.91. The number of nitrogens with two attached hydrogens (primary N) is 1. The molecule has 0 heterocycles. The molecule has 4 nitrogen and oxygen atoms in total. The van der Waals surface area contributed by atoms with E-state index in [0.29, 0.717) is 17.9 Å². The summed E-state index contributed by atoms with van der Waals surface area (Å²) in [6, 6.07) is 4.57. The Kier molecular flexibility index (Phi) is 4.81. The number of ether oxygens (including phenoxy) is 1. The van der Waals surface area contributed by atoms with Gasteiger partial charge in [0.05, 0.1) is 23.4 Å². The number of anilines is 1. The van der Waals surface area contributed by atoms with Crippen molar-refractivity contribution < 1.29 is 13.2 Å². The van der Waals surface area contributed by atoms with Gasteiger partial charge in [0.2, 0.25) is 0 Å². The van der Waals surface area contributed by atoms with Crippen LogP contribution in [0.3, 0.4) is 0 Å². The lowest BCUT2D eigenvalue weighted by Crippen LogP contribution is -2.07. The summed E-state index contributed by atoms with van der Waals surface area (Å²) in [6.45, 7) is 2.04. The second kappa shape index (κ2) is 5.91. The van der Waals surface area contributed by atoms with Crippen LogP contribution in [0, 0.1) is 0 Å². The molecule has 0 aliphatic heterocycles. The predicted molar refractivity (Wildman–Crippen MR) is 69.0 cm³/mol. The van der Waals surface area contributed by atoms with Gasteiger partial charge in [0.1, 0.15) is 5.75 Å². The van der Waals surface area contributed by atoms with Crippen molar-refractivity contribution in [2.75, 3.05) is 18.6 Å². The molecular formula is C12H19NO3S. The molecule has 0 atom stereocenters. The van der Waals surface area contributed by atoms with E-state index in [-0.39, 0.29) is 10.6 Å². The molecule has 0 bridgehead atoms. The first kappa shape index (κ1) is 13.8. The van der Waals surface area contributed by atoms with Crippen LogP contribution < -0.4 is 10.5 Å². The SMILES string of the molecule is CCCCCS(=O)(=O)c1ccc(N)c(OC)c1. The van der Waals surface area contributed by atoms with Crippen LogP contribution >= 0.6 is 0 Å². The Morgan fingerprint density at radius 2 is 2.00 bits per heavy atom. The minimum absolute atomic E-state index is 0.175. The van der Waals surface area contributed by atoms with E-state index in [1.807, 2.05) is 6.92 Å². The fourth-order valence-corrected chi connectivity index (χ4v) is 2.93. The largest absolute Gasteiger partial charge is 0.495 e. The molecule has 0 saturated carbocycles. The molecule has 0 unspecified atom stereocenters. The molecule has 0 fully saturated rings. The molecule has 17 heavy (non-hydrogen) atoms. The summed E-state index contributed by atoms with van der Waals surface area (Å²) in [5.74, 6) is 0.579. The highest BCUT2D eigenvalue weighted by atomic mass is 32.2. The standard InChI is InChI=1S/C12H19NO3S/c1-3-4-5-8-17(14,15)10-6-7-11(13)12(9-10)16-2/h6-7,9H,3-5,8,13H2,1-2H3. The molecule has 96 valence electrons. The van der Waals surface area contributed by atoms with Gasteiger partial charge in [-0.1, -0.05) is 19.8 Å². The highest BCUT2D eigenvalue weighted by Gasteiger charge is 2.15. The van der Waals surface area contributed by atoms with Crippen LogP contribution in [0.5, 0.6) is 5.75 Å². The van der Waals surface area contributed by atoms with Gasteiger partial charge >= 0.3 is 0 Å². The molecule has 0 saturated heterocycles. The van der Waals surface area contributed by atoms with Crippen LogP contribution in [0.1, 0.15) is 26.2 Å². The Bertz CT molecular complexity index is 469. The fraction of sp³-hybridized carbons (Fsp3) is 0.500. The number of benzene rings is 1. The van der Waals surface area contributed by atoms with Crippen LogP contribution in [0.2, 0.25) is 0 Å². The number of methoxy groups -OCH3 is 1. The third-order valence-electron chi connectivity index (χ3n) is 2.58. The van der Waals surface area contributed by atoms with Gasteiger partial charge in [-0.3, -0.25) is 0 Å². The first-order chi connectivity index (χ1) is 8.01. The third-order valence-corrected chi connectivity index (χ3v) is 4.38. The van der Waals surface area contributed by atoms with Crippen molar-refractivity contribution in [2.45, 2.75) is 31.1 Å². The van der Waals surface area contributed by atoms with E-state index in [4.69, 9.17) is 10.5 Å². The Morgan fingerprint density at radius 1 is 1.29 bits per heavy atom. The summed E-state index contributed by atoms with van der Waals surface area (Å²) < 4.78 is 29.0. The quantitative estimate of drug-likeness (QED) is 0.627. The molecule has 0 amide bonds. The monoisotopic (exact) mass is 257 g/mol. The normalized spacial score (nSPS) is 11.4. The van der Waals surface area contributed by atoms with Crippen molar-refractivity contribution in [3.05, 3.63) is 18.2 Å². The molecule has 0 spiro atoms. The number of hydrogen-bond acceptors (Lipinski definition) is 4. The van der Waals surface area contributed by atoms with Gasteiger partial charge in [-0.15, -0.1) is 0 Å². The molecule has 0 aromatic heterocycles. The fourth-order valence-electron chi connectivity index (χ4n) is 1.54. The van der Waals surface area contributed by atoms with Gasteiger partial charge < -0.3 is 10.5 Å².